The van der Waals surface area contributed by atoms with Crippen molar-refractivity contribution >= 4 is 31.9 Å². The normalized spacial score (nSPS) is 11.1. The van der Waals surface area contributed by atoms with E-state index in [1.807, 2.05) is 0 Å². The molecule has 1 N–H and O–H groups in total. The van der Waals surface area contributed by atoms with Crippen molar-refractivity contribution in [1.29, 1.82) is 0 Å². The van der Waals surface area contributed by atoms with Gasteiger partial charge in [0.05, 0.1) is 11.8 Å². The molecular formula is C8H7BrFNO3S. The fraction of sp³-hybridized carbons (Fsp3) is 0.125. The van der Waals surface area contributed by atoms with Crippen molar-refractivity contribution in [3.8, 4) is 0 Å². The van der Waals surface area contributed by atoms with Crippen LogP contribution in [0.5, 0.6) is 0 Å². The highest BCUT2D eigenvalue weighted by Gasteiger charge is 2.14. The van der Waals surface area contributed by atoms with E-state index < -0.39 is 21.7 Å². The van der Waals surface area contributed by atoms with Crippen molar-refractivity contribution in [1.82, 2.24) is 4.72 Å². The average Bonchev–Trinajstić information content (AvgIpc) is 1.99. The summed E-state index contributed by atoms with van der Waals surface area (Å²) < 4.78 is 36.2. The minimum absolute atomic E-state index is 0.0572. The summed E-state index contributed by atoms with van der Waals surface area (Å²) >= 11 is 2.96. The first kappa shape index (κ1) is 12.1. The minimum Gasteiger partial charge on any atom is -0.268 e. The summed E-state index contributed by atoms with van der Waals surface area (Å²) in [6.45, 7) is 0. The summed E-state index contributed by atoms with van der Waals surface area (Å²) in [6.07, 6.45) is 0.863. The number of rotatable bonds is 2. The van der Waals surface area contributed by atoms with Crippen molar-refractivity contribution in [2.75, 3.05) is 6.26 Å². The first-order chi connectivity index (χ1) is 6.79. The highest BCUT2D eigenvalue weighted by molar-refractivity contribution is 9.10. The number of carbonyl (C=O) groups is 1. The van der Waals surface area contributed by atoms with Gasteiger partial charge in [-0.05, 0) is 34.1 Å². The van der Waals surface area contributed by atoms with Gasteiger partial charge in [-0.25, -0.2) is 17.5 Å². The molecule has 7 heteroatoms. The van der Waals surface area contributed by atoms with E-state index in [1.165, 1.54) is 6.07 Å². The van der Waals surface area contributed by atoms with Crippen LogP contribution in [0.1, 0.15) is 10.4 Å². The molecule has 0 saturated heterocycles. The maximum Gasteiger partial charge on any atom is 0.265 e. The highest BCUT2D eigenvalue weighted by Crippen LogP contribution is 2.17. The van der Waals surface area contributed by atoms with Crippen LogP contribution in [-0.2, 0) is 10.0 Å². The lowest BCUT2D eigenvalue weighted by molar-refractivity contribution is 0.0981. The number of nitrogens with one attached hydrogen (secondary N) is 1. The maximum atomic E-state index is 12.7. The van der Waals surface area contributed by atoms with E-state index in [9.17, 15) is 17.6 Å². The van der Waals surface area contributed by atoms with Gasteiger partial charge in [0.15, 0.2) is 0 Å². The van der Waals surface area contributed by atoms with E-state index in [-0.39, 0.29) is 10.0 Å². The van der Waals surface area contributed by atoms with Crippen molar-refractivity contribution < 1.29 is 17.6 Å². The molecule has 1 aromatic carbocycles. The third kappa shape index (κ3) is 3.60. The molecule has 4 nitrogen and oxygen atoms in total. The van der Waals surface area contributed by atoms with Crippen LogP contribution in [0.3, 0.4) is 0 Å². The van der Waals surface area contributed by atoms with Crippen LogP contribution in [0.4, 0.5) is 4.39 Å². The number of hydrogen-bond acceptors (Lipinski definition) is 3. The summed E-state index contributed by atoms with van der Waals surface area (Å²) in [5.74, 6) is -1.32. The van der Waals surface area contributed by atoms with E-state index in [0.717, 1.165) is 18.4 Å². The predicted octanol–water partition coefficient (Wildman–Crippen LogP) is 1.28. The van der Waals surface area contributed by atoms with Crippen LogP contribution in [0.25, 0.3) is 0 Å². The monoisotopic (exact) mass is 295 g/mol. The number of halogens is 2. The molecule has 0 heterocycles. The summed E-state index contributed by atoms with van der Waals surface area (Å²) in [4.78, 5) is 11.3. The van der Waals surface area contributed by atoms with Gasteiger partial charge >= 0.3 is 0 Å². The Morgan fingerprint density at radius 2 is 2.07 bits per heavy atom. The summed E-state index contributed by atoms with van der Waals surface area (Å²) in [7, 11) is -3.61. The Hall–Kier alpha value is -0.950. The quantitative estimate of drug-likeness (QED) is 0.894. The SMILES string of the molecule is CS(=O)(=O)NC(=O)c1ccc(F)cc1Br. The molecule has 0 unspecified atom stereocenters. The van der Waals surface area contributed by atoms with Crippen molar-refractivity contribution in [3.05, 3.63) is 34.1 Å². The van der Waals surface area contributed by atoms with Gasteiger partial charge in [-0.15, -0.1) is 0 Å². The van der Waals surface area contributed by atoms with Crippen LogP contribution < -0.4 is 4.72 Å². The van der Waals surface area contributed by atoms with Gasteiger partial charge in [0, 0.05) is 4.47 Å². The summed E-state index contributed by atoms with van der Waals surface area (Å²) in [5, 5.41) is 0. The highest BCUT2D eigenvalue weighted by atomic mass is 79.9. The number of carbonyl (C=O) groups excluding carboxylic acids is 1. The average molecular weight is 296 g/mol. The molecule has 0 fully saturated rings. The molecule has 0 radical (unpaired) electrons. The Balaban J connectivity index is 3.02. The Morgan fingerprint density at radius 3 is 2.53 bits per heavy atom. The van der Waals surface area contributed by atoms with Gasteiger partial charge in [0.2, 0.25) is 10.0 Å². The zero-order chi connectivity index (χ0) is 11.6. The molecule has 15 heavy (non-hydrogen) atoms. The minimum atomic E-state index is -3.61. The molecule has 0 aliphatic rings. The van der Waals surface area contributed by atoms with Crippen LogP contribution in [-0.4, -0.2) is 20.6 Å². The van der Waals surface area contributed by atoms with Crippen molar-refractivity contribution in [3.63, 3.8) is 0 Å². The Labute approximate surface area is 94.7 Å². The van der Waals surface area contributed by atoms with Gasteiger partial charge in [0.25, 0.3) is 5.91 Å². The molecule has 0 bridgehead atoms. The molecule has 0 aliphatic carbocycles. The Bertz CT molecular complexity index is 501. The zero-order valence-electron chi connectivity index (χ0n) is 7.62. The number of sulfonamides is 1. The Kier molecular flexibility index (Phi) is 3.46. The summed E-state index contributed by atoms with van der Waals surface area (Å²) in [5.41, 5.74) is 0.0572. The van der Waals surface area contributed by atoms with E-state index in [1.54, 1.807) is 4.72 Å². The smallest absolute Gasteiger partial charge is 0.265 e. The molecule has 0 saturated carbocycles. The second-order valence-electron chi connectivity index (χ2n) is 2.83. The third-order valence-electron chi connectivity index (χ3n) is 1.45. The topological polar surface area (TPSA) is 63.2 Å². The molecule has 1 amide bonds. The molecule has 82 valence electrons. The van der Waals surface area contributed by atoms with E-state index in [4.69, 9.17) is 0 Å². The van der Waals surface area contributed by atoms with Gasteiger partial charge in [-0.3, -0.25) is 4.79 Å². The molecule has 0 spiro atoms. The molecule has 0 aliphatic heterocycles. The predicted molar refractivity (Wildman–Crippen MR) is 56.4 cm³/mol. The molecular weight excluding hydrogens is 289 g/mol. The van der Waals surface area contributed by atoms with E-state index >= 15 is 0 Å². The maximum absolute atomic E-state index is 12.7. The van der Waals surface area contributed by atoms with E-state index in [2.05, 4.69) is 15.9 Å². The molecule has 1 aromatic rings. The van der Waals surface area contributed by atoms with Crippen LogP contribution in [0, 0.1) is 5.82 Å². The fourth-order valence-electron chi connectivity index (χ4n) is 0.897. The largest absolute Gasteiger partial charge is 0.268 e. The lowest BCUT2D eigenvalue weighted by Crippen LogP contribution is -2.29. The number of benzene rings is 1. The first-order valence-corrected chi connectivity index (χ1v) is 6.45. The second-order valence-corrected chi connectivity index (χ2v) is 5.43. The number of hydrogen-bond donors (Lipinski definition) is 1. The van der Waals surface area contributed by atoms with Crippen LogP contribution >= 0.6 is 15.9 Å². The third-order valence-corrected chi connectivity index (χ3v) is 2.67. The lowest BCUT2D eigenvalue weighted by Gasteiger charge is -2.04. The van der Waals surface area contributed by atoms with Crippen molar-refractivity contribution in [2.45, 2.75) is 0 Å². The first-order valence-electron chi connectivity index (χ1n) is 3.77. The second kappa shape index (κ2) is 4.28. The Morgan fingerprint density at radius 1 is 1.47 bits per heavy atom. The van der Waals surface area contributed by atoms with Crippen LogP contribution in [0.15, 0.2) is 22.7 Å². The van der Waals surface area contributed by atoms with Gasteiger partial charge in [0.1, 0.15) is 5.82 Å². The molecule has 0 aromatic heterocycles. The van der Waals surface area contributed by atoms with Gasteiger partial charge in [-0.1, -0.05) is 0 Å². The van der Waals surface area contributed by atoms with Crippen molar-refractivity contribution in [2.24, 2.45) is 0 Å². The zero-order valence-corrected chi connectivity index (χ0v) is 10.0. The molecule has 0 atom stereocenters. The molecule has 1 rings (SSSR count). The lowest BCUT2D eigenvalue weighted by atomic mass is 10.2. The fourth-order valence-corrected chi connectivity index (χ4v) is 1.87. The van der Waals surface area contributed by atoms with E-state index in [0.29, 0.717) is 0 Å². The number of amides is 1. The summed E-state index contributed by atoms with van der Waals surface area (Å²) in [6, 6.07) is 3.35. The van der Waals surface area contributed by atoms with Gasteiger partial charge < -0.3 is 0 Å². The standard InChI is InChI=1S/C8H7BrFNO3S/c1-15(13,14)11-8(12)6-3-2-5(10)4-7(6)9/h2-4H,1H3,(H,11,12). The van der Waals surface area contributed by atoms with Gasteiger partial charge in [-0.2, -0.15) is 0 Å². The van der Waals surface area contributed by atoms with Crippen LogP contribution in [0.2, 0.25) is 0 Å².